The summed E-state index contributed by atoms with van der Waals surface area (Å²) in [6.07, 6.45) is 3.79. The van der Waals surface area contributed by atoms with E-state index in [1.165, 1.54) is 29.9 Å². The van der Waals surface area contributed by atoms with E-state index in [0.717, 1.165) is 18.8 Å². The van der Waals surface area contributed by atoms with E-state index in [2.05, 4.69) is 69.9 Å². The molecule has 2 aromatic carbocycles. The minimum absolute atomic E-state index is 0.697. The lowest BCUT2D eigenvalue weighted by molar-refractivity contribution is 0.224. The molecule has 21 heavy (non-hydrogen) atoms. The largest absolute Gasteiger partial charge is 0.278 e. The molecule has 0 aliphatic carbocycles. The van der Waals surface area contributed by atoms with E-state index in [0.29, 0.717) is 8.58 Å². The lowest BCUT2D eigenvalue weighted by Gasteiger charge is -2.21. The average Bonchev–Trinajstić information content (AvgIpc) is 2.56. The van der Waals surface area contributed by atoms with Crippen LogP contribution in [0.1, 0.15) is 19.3 Å². The molecule has 1 aliphatic rings. The predicted octanol–water partition coefficient (Wildman–Crippen LogP) is 3.80. The zero-order valence-corrected chi connectivity index (χ0v) is 13.1. The smallest absolute Gasteiger partial charge is 0.0874 e. The van der Waals surface area contributed by atoms with Crippen molar-refractivity contribution in [2.45, 2.75) is 19.3 Å². The molecule has 1 aliphatic heterocycles. The number of hydrogen-bond donors (Lipinski definition) is 0. The third-order valence-corrected chi connectivity index (χ3v) is 4.79. The van der Waals surface area contributed by atoms with Gasteiger partial charge in [-0.05, 0) is 42.0 Å². The number of benzene rings is 2. The van der Waals surface area contributed by atoms with E-state index in [-0.39, 0.29) is 0 Å². The fraction of sp³-hybridized carbons (Fsp3) is 0.294. The van der Waals surface area contributed by atoms with Gasteiger partial charge in [0.2, 0.25) is 0 Å². The van der Waals surface area contributed by atoms with Gasteiger partial charge in [-0.2, -0.15) is 0 Å². The molecule has 0 amide bonds. The first-order valence-electron chi connectivity index (χ1n) is 7.49. The van der Waals surface area contributed by atoms with Gasteiger partial charge in [-0.25, -0.2) is 0 Å². The summed E-state index contributed by atoms with van der Waals surface area (Å²) >= 11 is 0. The molecule has 1 saturated heterocycles. The van der Waals surface area contributed by atoms with Crippen LogP contribution in [0.3, 0.4) is 0 Å². The summed E-state index contributed by atoms with van der Waals surface area (Å²) in [5, 5.41) is 13.4. The van der Waals surface area contributed by atoms with Crippen LogP contribution >= 0.6 is 8.58 Å². The minimum Gasteiger partial charge on any atom is -0.278 e. The second kappa shape index (κ2) is 7.33. The zero-order chi connectivity index (χ0) is 14.3. The fourth-order valence-electron chi connectivity index (χ4n) is 2.38. The predicted molar refractivity (Wildman–Crippen MR) is 90.4 cm³/mol. The van der Waals surface area contributed by atoms with Crippen LogP contribution in [-0.2, 0) is 0 Å². The van der Waals surface area contributed by atoms with Crippen LogP contribution in [0, 0.1) is 0 Å². The van der Waals surface area contributed by atoms with Crippen molar-refractivity contribution in [3.63, 3.8) is 0 Å². The van der Waals surface area contributed by atoms with Gasteiger partial charge in [-0.1, -0.05) is 56.3 Å². The molecule has 2 aromatic rings. The number of hydrogen-bond acceptors (Lipinski definition) is 2. The van der Waals surface area contributed by atoms with Crippen molar-refractivity contribution in [1.82, 2.24) is 5.01 Å². The molecular weight excluding hydrogens is 277 g/mol. The second-order valence-electron chi connectivity index (χ2n) is 5.24. The maximum atomic E-state index is 4.33. The molecular formula is C17H20N3P. The summed E-state index contributed by atoms with van der Waals surface area (Å²) in [6.45, 7) is 2.08. The minimum atomic E-state index is 0.697. The Bertz CT molecular complexity index is 575. The van der Waals surface area contributed by atoms with E-state index in [9.17, 15) is 0 Å². The standard InChI is InChI=1S/C17H20N3P/c1-3-7-16(8-4-1)21-17-11-9-15(10-12-17)18-19-20-13-5-2-6-14-20/h1,3-4,7-12,21H,2,5-6,13-14H2. The summed E-state index contributed by atoms with van der Waals surface area (Å²) in [5.74, 6) is 0. The maximum absolute atomic E-state index is 4.33. The summed E-state index contributed by atoms with van der Waals surface area (Å²) < 4.78 is 0. The van der Waals surface area contributed by atoms with Crippen molar-refractivity contribution < 1.29 is 0 Å². The van der Waals surface area contributed by atoms with Crippen LogP contribution in [0.2, 0.25) is 0 Å². The van der Waals surface area contributed by atoms with Gasteiger partial charge in [0.1, 0.15) is 0 Å². The van der Waals surface area contributed by atoms with Gasteiger partial charge < -0.3 is 0 Å². The van der Waals surface area contributed by atoms with E-state index in [1.54, 1.807) is 0 Å². The Hall–Kier alpha value is -1.73. The third kappa shape index (κ3) is 4.37. The maximum Gasteiger partial charge on any atom is 0.0874 e. The second-order valence-corrected chi connectivity index (χ2v) is 6.65. The van der Waals surface area contributed by atoms with Crippen molar-refractivity contribution >= 4 is 24.9 Å². The molecule has 0 saturated carbocycles. The topological polar surface area (TPSA) is 28.0 Å². The molecule has 1 fully saturated rings. The van der Waals surface area contributed by atoms with Gasteiger partial charge in [-0.15, -0.1) is 5.11 Å². The van der Waals surface area contributed by atoms with Crippen LogP contribution < -0.4 is 10.6 Å². The molecule has 3 nitrogen and oxygen atoms in total. The molecule has 1 unspecified atom stereocenters. The normalized spacial score (nSPS) is 16.1. The highest BCUT2D eigenvalue weighted by molar-refractivity contribution is 7.55. The molecule has 1 heterocycles. The Morgan fingerprint density at radius 2 is 1.43 bits per heavy atom. The van der Waals surface area contributed by atoms with Crippen LogP contribution in [0.15, 0.2) is 64.9 Å². The SMILES string of the molecule is c1ccc(Pc2ccc(N=NN3CCCCC3)cc2)cc1. The van der Waals surface area contributed by atoms with Crippen molar-refractivity contribution in [2.75, 3.05) is 13.1 Å². The molecule has 0 spiro atoms. The highest BCUT2D eigenvalue weighted by Gasteiger charge is 2.06. The Balaban J connectivity index is 1.60. The lowest BCUT2D eigenvalue weighted by atomic mass is 10.2. The molecule has 0 N–H and O–H groups in total. The van der Waals surface area contributed by atoms with Crippen molar-refractivity contribution in [2.24, 2.45) is 10.3 Å². The Morgan fingerprint density at radius 1 is 0.762 bits per heavy atom. The highest BCUT2D eigenvalue weighted by atomic mass is 31.1. The summed E-state index contributed by atoms with van der Waals surface area (Å²) in [4.78, 5) is 0. The monoisotopic (exact) mass is 297 g/mol. The molecule has 0 aromatic heterocycles. The van der Waals surface area contributed by atoms with Crippen molar-refractivity contribution in [3.8, 4) is 0 Å². The van der Waals surface area contributed by atoms with Gasteiger partial charge in [0.25, 0.3) is 0 Å². The number of rotatable bonds is 4. The first kappa shape index (κ1) is 14.2. The lowest BCUT2D eigenvalue weighted by Crippen LogP contribution is -2.23. The summed E-state index contributed by atoms with van der Waals surface area (Å²) in [6, 6.07) is 19.0. The van der Waals surface area contributed by atoms with Crippen LogP contribution in [0.4, 0.5) is 5.69 Å². The van der Waals surface area contributed by atoms with Gasteiger partial charge in [0, 0.05) is 13.1 Å². The van der Waals surface area contributed by atoms with Crippen LogP contribution in [0.5, 0.6) is 0 Å². The van der Waals surface area contributed by atoms with Crippen LogP contribution in [0.25, 0.3) is 0 Å². The molecule has 3 rings (SSSR count). The molecule has 1 atom stereocenters. The van der Waals surface area contributed by atoms with E-state index >= 15 is 0 Å². The average molecular weight is 297 g/mol. The number of nitrogens with zero attached hydrogens (tertiary/aromatic N) is 3. The Morgan fingerprint density at radius 3 is 2.14 bits per heavy atom. The third-order valence-electron chi connectivity index (χ3n) is 3.55. The van der Waals surface area contributed by atoms with Gasteiger partial charge >= 0.3 is 0 Å². The van der Waals surface area contributed by atoms with E-state index < -0.39 is 0 Å². The van der Waals surface area contributed by atoms with Crippen LogP contribution in [-0.4, -0.2) is 18.1 Å². The molecule has 0 radical (unpaired) electrons. The van der Waals surface area contributed by atoms with Crippen molar-refractivity contribution in [3.05, 3.63) is 54.6 Å². The van der Waals surface area contributed by atoms with E-state index in [4.69, 9.17) is 0 Å². The quantitative estimate of drug-likeness (QED) is 0.623. The summed E-state index contributed by atoms with van der Waals surface area (Å²) in [5.41, 5.74) is 0.933. The first-order chi connectivity index (χ1) is 10.4. The molecule has 108 valence electrons. The van der Waals surface area contributed by atoms with Crippen molar-refractivity contribution in [1.29, 1.82) is 0 Å². The Kier molecular flexibility index (Phi) is 4.96. The molecule has 0 bridgehead atoms. The van der Waals surface area contributed by atoms with Gasteiger partial charge in [0.15, 0.2) is 0 Å². The zero-order valence-electron chi connectivity index (χ0n) is 12.1. The Labute approximate surface area is 127 Å². The van der Waals surface area contributed by atoms with Gasteiger partial charge in [0.05, 0.1) is 5.69 Å². The fourth-order valence-corrected chi connectivity index (χ4v) is 3.41. The van der Waals surface area contributed by atoms with Gasteiger partial charge in [-0.3, -0.25) is 5.01 Å². The summed E-state index contributed by atoms with van der Waals surface area (Å²) in [7, 11) is 0.697. The first-order valence-corrected chi connectivity index (χ1v) is 8.49. The number of piperidine rings is 1. The highest BCUT2D eigenvalue weighted by Crippen LogP contribution is 2.17. The molecule has 4 heteroatoms. The van der Waals surface area contributed by atoms with E-state index in [1.807, 2.05) is 0 Å².